The van der Waals surface area contributed by atoms with Crippen molar-refractivity contribution in [1.82, 2.24) is 9.97 Å². The van der Waals surface area contributed by atoms with E-state index in [1.165, 1.54) is 6.07 Å². The Kier molecular flexibility index (Phi) is 4.99. The number of nitrogens with one attached hydrogen (secondary N) is 2. The number of imidazole rings is 1. The van der Waals surface area contributed by atoms with Crippen molar-refractivity contribution in [3.8, 4) is 11.4 Å². The van der Waals surface area contributed by atoms with Gasteiger partial charge in [0.2, 0.25) is 0 Å². The molecule has 1 aromatic heterocycles. The molecule has 4 nitrogen and oxygen atoms in total. The smallest absolute Gasteiger partial charge is 0.257 e. The standard InChI is InChI=1S/C22H15ClF3N3O/c1-10-3-6-16-18(7-10)28-21(27-16)14-8-12(24)9-17(11(14)2)29-22(30)13-4-5-15(25)20(26)19(13)23/h3-9H,1-2H3,(H,27,28)(H,29,30). The first-order chi connectivity index (χ1) is 14.2. The molecule has 0 aliphatic heterocycles. The fourth-order valence-corrected chi connectivity index (χ4v) is 3.44. The number of halogens is 4. The number of H-pyrrole nitrogens is 1. The van der Waals surface area contributed by atoms with Gasteiger partial charge in [0.15, 0.2) is 11.6 Å². The van der Waals surface area contributed by atoms with Gasteiger partial charge in [-0.2, -0.15) is 0 Å². The molecular weight excluding hydrogens is 415 g/mol. The number of aromatic nitrogens is 2. The van der Waals surface area contributed by atoms with Crippen LogP contribution in [0.25, 0.3) is 22.4 Å². The minimum Gasteiger partial charge on any atom is -0.338 e. The molecule has 4 aromatic rings. The van der Waals surface area contributed by atoms with E-state index in [-0.39, 0.29) is 11.3 Å². The van der Waals surface area contributed by atoms with Gasteiger partial charge in [-0.1, -0.05) is 17.7 Å². The summed E-state index contributed by atoms with van der Waals surface area (Å²) >= 11 is 5.75. The van der Waals surface area contributed by atoms with Gasteiger partial charge in [0.1, 0.15) is 11.6 Å². The van der Waals surface area contributed by atoms with Crippen molar-refractivity contribution in [3.05, 3.63) is 81.6 Å². The minimum atomic E-state index is -1.32. The summed E-state index contributed by atoms with van der Waals surface area (Å²) < 4.78 is 41.3. The summed E-state index contributed by atoms with van der Waals surface area (Å²) in [4.78, 5) is 20.2. The van der Waals surface area contributed by atoms with Gasteiger partial charge in [-0.25, -0.2) is 18.2 Å². The second-order valence-corrected chi connectivity index (χ2v) is 7.29. The molecule has 30 heavy (non-hydrogen) atoms. The van der Waals surface area contributed by atoms with Crippen LogP contribution >= 0.6 is 11.6 Å². The third-order valence-corrected chi connectivity index (χ3v) is 5.16. The van der Waals surface area contributed by atoms with Gasteiger partial charge in [0.25, 0.3) is 5.91 Å². The number of aryl methyl sites for hydroxylation is 1. The van der Waals surface area contributed by atoms with Gasteiger partial charge in [0, 0.05) is 11.3 Å². The Morgan fingerprint density at radius 1 is 1.07 bits per heavy atom. The predicted molar refractivity (Wildman–Crippen MR) is 110 cm³/mol. The van der Waals surface area contributed by atoms with Crippen LogP contribution in [0.4, 0.5) is 18.9 Å². The molecular formula is C22H15ClF3N3O. The summed E-state index contributed by atoms with van der Waals surface area (Å²) in [5.74, 6) is -3.44. The normalized spacial score (nSPS) is 11.1. The molecule has 1 amide bonds. The number of aromatic amines is 1. The molecule has 0 bridgehead atoms. The van der Waals surface area contributed by atoms with Gasteiger partial charge >= 0.3 is 0 Å². The molecule has 4 rings (SSSR count). The van der Waals surface area contributed by atoms with E-state index in [2.05, 4.69) is 15.3 Å². The Bertz CT molecular complexity index is 1320. The van der Waals surface area contributed by atoms with Crippen LogP contribution in [-0.2, 0) is 0 Å². The number of hydrogen-bond acceptors (Lipinski definition) is 2. The SMILES string of the molecule is Cc1ccc2nc(-c3cc(F)cc(NC(=O)c4ccc(F)c(F)c4Cl)c3C)[nH]c2c1. The zero-order valence-electron chi connectivity index (χ0n) is 15.9. The van der Waals surface area contributed by atoms with Crippen molar-refractivity contribution in [1.29, 1.82) is 0 Å². The first-order valence-electron chi connectivity index (χ1n) is 8.96. The lowest BCUT2D eigenvalue weighted by molar-refractivity contribution is 0.102. The topological polar surface area (TPSA) is 57.8 Å². The Morgan fingerprint density at radius 2 is 1.83 bits per heavy atom. The first-order valence-corrected chi connectivity index (χ1v) is 9.34. The first kappa shape index (κ1) is 20.0. The van der Waals surface area contributed by atoms with E-state index < -0.39 is 28.4 Å². The minimum absolute atomic E-state index is 0.160. The van der Waals surface area contributed by atoms with Crippen LogP contribution < -0.4 is 5.32 Å². The van der Waals surface area contributed by atoms with Crippen LogP contribution in [0.1, 0.15) is 21.5 Å². The van der Waals surface area contributed by atoms with E-state index in [9.17, 15) is 18.0 Å². The fourth-order valence-electron chi connectivity index (χ4n) is 3.20. The summed E-state index contributed by atoms with van der Waals surface area (Å²) in [5.41, 5.74) is 3.46. The van der Waals surface area contributed by atoms with Crippen molar-refractivity contribution in [2.45, 2.75) is 13.8 Å². The van der Waals surface area contributed by atoms with Crippen LogP contribution in [0, 0.1) is 31.3 Å². The van der Waals surface area contributed by atoms with Crippen LogP contribution in [0.3, 0.4) is 0 Å². The number of nitrogens with zero attached hydrogens (tertiary/aromatic N) is 1. The van der Waals surface area contributed by atoms with E-state index in [1.54, 1.807) is 6.92 Å². The predicted octanol–water partition coefficient (Wildman–Crippen LogP) is 6.17. The largest absolute Gasteiger partial charge is 0.338 e. The lowest BCUT2D eigenvalue weighted by Crippen LogP contribution is -2.15. The van der Waals surface area contributed by atoms with Crippen molar-refractivity contribution in [2.24, 2.45) is 0 Å². The maximum Gasteiger partial charge on any atom is 0.257 e. The second-order valence-electron chi connectivity index (χ2n) is 6.91. The lowest BCUT2D eigenvalue weighted by atomic mass is 10.1. The van der Waals surface area contributed by atoms with E-state index in [4.69, 9.17) is 11.6 Å². The molecule has 3 aromatic carbocycles. The molecule has 0 aliphatic rings. The zero-order chi connectivity index (χ0) is 21.6. The highest BCUT2D eigenvalue weighted by atomic mass is 35.5. The van der Waals surface area contributed by atoms with E-state index in [0.29, 0.717) is 17.0 Å². The van der Waals surface area contributed by atoms with Gasteiger partial charge in [-0.05, 0) is 61.4 Å². The summed E-state index contributed by atoms with van der Waals surface area (Å²) in [7, 11) is 0. The molecule has 0 unspecified atom stereocenters. The maximum atomic E-state index is 14.3. The summed E-state index contributed by atoms with van der Waals surface area (Å²) in [6.07, 6.45) is 0. The van der Waals surface area contributed by atoms with Crippen molar-refractivity contribution < 1.29 is 18.0 Å². The summed E-state index contributed by atoms with van der Waals surface area (Å²) in [6, 6.07) is 10.0. The number of hydrogen-bond donors (Lipinski definition) is 2. The molecule has 0 atom stereocenters. The number of amides is 1. The van der Waals surface area contributed by atoms with Gasteiger partial charge < -0.3 is 10.3 Å². The molecule has 0 saturated carbocycles. The quantitative estimate of drug-likeness (QED) is 0.383. The highest BCUT2D eigenvalue weighted by Crippen LogP contribution is 2.31. The van der Waals surface area contributed by atoms with Crippen molar-refractivity contribution in [3.63, 3.8) is 0 Å². The molecule has 152 valence electrons. The Hall–Kier alpha value is -3.32. The third kappa shape index (κ3) is 3.52. The highest BCUT2D eigenvalue weighted by Gasteiger charge is 2.20. The molecule has 0 saturated heterocycles. The Labute approximate surface area is 174 Å². The monoisotopic (exact) mass is 429 g/mol. The van der Waals surface area contributed by atoms with E-state index in [1.807, 2.05) is 25.1 Å². The summed E-state index contributed by atoms with van der Waals surface area (Å²) in [6.45, 7) is 3.64. The number of benzene rings is 3. The molecule has 0 fully saturated rings. The van der Waals surface area contributed by atoms with Crippen LogP contribution in [0.2, 0.25) is 5.02 Å². The third-order valence-electron chi connectivity index (χ3n) is 4.79. The average Bonchev–Trinajstić information content (AvgIpc) is 3.11. The van der Waals surface area contributed by atoms with Gasteiger partial charge in [-0.15, -0.1) is 0 Å². The van der Waals surface area contributed by atoms with Crippen molar-refractivity contribution in [2.75, 3.05) is 5.32 Å². The Morgan fingerprint density at radius 3 is 2.60 bits per heavy atom. The maximum absolute atomic E-state index is 14.3. The number of carbonyl (C=O) groups is 1. The van der Waals surface area contributed by atoms with Crippen LogP contribution in [-0.4, -0.2) is 15.9 Å². The van der Waals surface area contributed by atoms with Gasteiger partial charge in [0.05, 0.1) is 21.6 Å². The average molecular weight is 430 g/mol. The van der Waals surface area contributed by atoms with Crippen LogP contribution in [0.15, 0.2) is 42.5 Å². The number of fused-ring (bicyclic) bond motifs is 1. The molecule has 0 aliphatic carbocycles. The van der Waals surface area contributed by atoms with Crippen LogP contribution in [0.5, 0.6) is 0 Å². The Balaban J connectivity index is 1.74. The summed E-state index contributed by atoms with van der Waals surface area (Å²) in [5, 5.41) is 1.87. The molecule has 2 N–H and O–H groups in total. The molecule has 1 heterocycles. The number of anilines is 1. The van der Waals surface area contributed by atoms with Gasteiger partial charge in [-0.3, -0.25) is 4.79 Å². The number of rotatable bonds is 3. The highest BCUT2D eigenvalue weighted by molar-refractivity contribution is 6.34. The number of carbonyl (C=O) groups excluding carboxylic acids is 1. The molecule has 8 heteroatoms. The lowest BCUT2D eigenvalue weighted by Gasteiger charge is -2.13. The fraction of sp³-hybridized carbons (Fsp3) is 0.0909. The second kappa shape index (κ2) is 7.50. The molecule has 0 radical (unpaired) electrons. The van der Waals surface area contributed by atoms with E-state index in [0.717, 1.165) is 34.8 Å². The van der Waals surface area contributed by atoms with E-state index >= 15 is 0 Å². The zero-order valence-corrected chi connectivity index (χ0v) is 16.7. The molecule has 0 spiro atoms. The van der Waals surface area contributed by atoms with Crippen molar-refractivity contribution >= 4 is 34.2 Å².